The van der Waals surface area contributed by atoms with Crippen molar-refractivity contribution in [2.24, 2.45) is 0 Å². The number of likely N-dealkylation sites (tertiary alicyclic amines) is 2. The molecule has 2 saturated heterocycles. The molecule has 2 aromatic rings. The van der Waals surface area contributed by atoms with Gasteiger partial charge in [-0.2, -0.15) is 0 Å². The molecule has 3 heterocycles. The molecule has 1 unspecified atom stereocenters. The van der Waals surface area contributed by atoms with Crippen molar-refractivity contribution in [3.8, 4) is 0 Å². The SMILES string of the molecule is c1ccc(CN2CCCC3(CCCN3Cc3cccnc3)C2)cc1. The number of benzene rings is 1. The molecular formula is C21H27N3. The van der Waals surface area contributed by atoms with Gasteiger partial charge in [0.15, 0.2) is 0 Å². The largest absolute Gasteiger partial charge is 0.297 e. The van der Waals surface area contributed by atoms with Gasteiger partial charge >= 0.3 is 0 Å². The average molecular weight is 321 g/mol. The van der Waals surface area contributed by atoms with Crippen LogP contribution < -0.4 is 0 Å². The van der Waals surface area contributed by atoms with Crippen LogP contribution in [-0.2, 0) is 13.1 Å². The van der Waals surface area contributed by atoms with E-state index in [9.17, 15) is 0 Å². The maximum Gasteiger partial charge on any atom is 0.0341 e. The van der Waals surface area contributed by atoms with Gasteiger partial charge in [0.05, 0.1) is 0 Å². The van der Waals surface area contributed by atoms with Gasteiger partial charge < -0.3 is 0 Å². The predicted molar refractivity (Wildman–Crippen MR) is 97.6 cm³/mol. The third kappa shape index (κ3) is 3.38. The molecule has 0 N–H and O–H groups in total. The monoisotopic (exact) mass is 321 g/mol. The highest BCUT2D eigenvalue weighted by atomic mass is 15.3. The van der Waals surface area contributed by atoms with Gasteiger partial charge in [-0.15, -0.1) is 0 Å². The molecule has 126 valence electrons. The van der Waals surface area contributed by atoms with Crippen LogP contribution in [0.1, 0.15) is 36.8 Å². The van der Waals surface area contributed by atoms with E-state index in [1.54, 1.807) is 0 Å². The van der Waals surface area contributed by atoms with Crippen LogP contribution in [0.4, 0.5) is 0 Å². The van der Waals surface area contributed by atoms with E-state index in [0.717, 1.165) is 13.1 Å². The fraction of sp³-hybridized carbons (Fsp3) is 0.476. The van der Waals surface area contributed by atoms with E-state index < -0.39 is 0 Å². The average Bonchev–Trinajstić information content (AvgIpc) is 2.98. The molecule has 0 amide bonds. The number of rotatable bonds is 4. The van der Waals surface area contributed by atoms with Gasteiger partial charge in [-0.25, -0.2) is 0 Å². The quantitative estimate of drug-likeness (QED) is 0.856. The summed E-state index contributed by atoms with van der Waals surface area (Å²) in [6.45, 7) is 5.81. The Hall–Kier alpha value is -1.71. The summed E-state index contributed by atoms with van der Waals surface area (Å²) >= 11 is 0. The lowest BCUT2D eigenvalue weighted by molar-refractivity contribution is 0.0328. The molecule has 0 bridgehead atoms. The van der Waals surface area contributed by atoms with E-state index in [0.29, 0.717) is 5.54 Å². The topological polar surface area (TPSA) is 19.4 Å². The number of aromatic nitrogens is 1. The van der Waals surface area contributed by atoms with Crippen LogP contribution >= 0.6 is 0 Å². The van der Waals surface area contributed by atoms with Gasteiger partial charge in [0, 0.05) is 37.6 Å². The molecule has 0 radical (unpaired) electrons. The van der Waals surface area contributed by atoms with Crippen molar-refractivity contribution >= 4 is 0 Å². The standard InChI is InChI=1S/C21H27N3/c1-2-7-19(8-3-1)16-23-13-5-10-21(18-23)11-6-14-24(21)17-20-9-4-12-22-15-20/h1-4,7-9,12,15H,5-6,10-11,13-14,16-18H2. The molecule has 2 aliphatic rings. The van der Waals surface area contributed by atoms with Crippen LogP contribution in [0.25, 0.3) is 0 Å². The van der Waals surface area contributed by atoms with Gasteiger partial charge in [-0.05, 0) is 56.0 Å². The first-order valence-electron chi connectivity index (χ1n) is 9.24. The molecule has 0 saturated carbocycles. The van der Waals surface area contributed by atoms with Crippen LogP contribution in [0.3, 0.4) is 0 Å². The number of hydrogen-bond donors (Lipinski definition) is 0. The summed E-state index contributed by atoms with van der Waals surface area (Å²) in [6.07, 6.45) is 9.23. The van der Waals surface area contributed by atoms with Gasteiger partial charge in [-0.3, -0.25) is 14.8 Å². The predicted octanol–water partition coefficient (Wildman–Crippen LogP) is 3.71. The molecule has 3 nitrogen and oxygen atoms in total. The molecule has 1 aromatic heterocycles. The van der Waals surface area contributed by atoms with E-state index in [1.807, 2.05) is 12.4 Å². The van der Waals surface area contributed by atoms with Crippen molar-refractivity contribution < 1.29 is 0 Å². The summed E-state index contributed by atoms with van der Waals surface area (Å²) < 4.78 is 0. The van der Waals surface area contributed by atoms with E-state index >= 15 is 0 Å². The van der Waals surface area contributed by atoms with Crippen LogP contribution in [-0.4, -0.2) is 40.0 Å². The second kappa shape index (κ2) is 7.04. The zero-order valence-corrected chi connectivity index (χ0v) is 14.4. The highest BCUT2D eigenvalue weighted by Gasteiger charge is 2.43. The first-order chi connectivity index (χ1) is 11.8. The van der Waals surface area contributed by atoms with E-state index in [-0.39, 0.29) is 0 Å². The van der Waals surface area contributed by atoms with Gasteiger partial charge in [-0.1, -0.05) is 36.4 Å². The first kappa shape index (κ1) is 15.8. The van der Waals surface area contributed by atoms with Gasteiger partial charge in [0.25, 0.3) is 0 Å². The lowest BCUT2D eigenvalue weighted by Gasteiger charge is -2.46. The van der Waals surface area contributed by atoms with E-state index in [2.05, 4.69) is 57.2 Å². The molecule has 1 atom stereocenters. The zero-order chi connectivity index (χ0) is 16.2. The van der Waals surface area contributed by atoms with Crippen LogP contribution in [0, 0.1) is 0 Å². The third-order valence-corrected chi connectivity index (χ3v) is 5.72. The van der Waals surface area contributed by atoms with Crippen molar-refractivity contribution in [2.75, 3.05) is 19.6 Å². The summed E-state index contributed by atoms with van der Waals surface area (Å²) in [5.41, 5.74) is 3.16. The normalized spacial score (nSPS) is 25.3. The maximum atomic E-state index is 4.29. The smallest absolute Gasteiger partial charge is 0.0341 e. The summed E-state index contributed by atoms with van der Waals surface area (Å²) in [6, 6.07) is 15.2. The summed E-state index contributed by atoms with van der Waals surface area (Å²) in [5.74, 6) is 0. The Morgan fingerprint density at radius 3 is 2.46 bits per heavy atom. The third-order valence-electron chi connectivity index (χ3n) is 5.72. The number of pyridine rings is 1. The van der Waals surface area contributed by atoms with Crippen molar-refractivity contribution in [1.29, 1.82) is 0 Å². The Bertz CT molecular complexity index is 643. The molecular weight excluding hydrogens is 294 g/mol. The maximum absolute atomic E-state index is 4.29. The highest BCUT2D eigenvalue weighted by molar-refractivity contribution is 5.15. The second-order valence-corrected chi connectivity index (χ2v) is 7.41. The Morgan fingerprint density at radius 1 is 0.875 bits per heavy atom. The number of hydrogen-bond acceptors (Lipinski definition) is 3. The molecule has 24 heavy (non-hydrogen) atoms. The van der Waals surface area contributed by atoms with E-state index in [1.165, 1.54) is 56.4 Å². The van der Waals surface area contributed by atoms with Crippen molar-refractivity contribution in [2.45, 2.75) is 44.3 Å². The van der Waals surface area contributed by atoms with Gasteiger partial charge in [0.2, 0.25) is 0 Å². The Morgan fingerprint density at radius 2 is 1.67 bits per heavy atom. The Labute approximate surface area is 145 Å². The van der Waals surface area contributed by atoms with Crippen LogP contribution in [0.2, 0.25) is 0 Å². The molecule has 2 aliphatic heterocycles. The van der Waals surface area contributed by atoms with Crippen LogP contribution in [0.5, 0.6) is 0 Å². The first-order valence-corrected chi connectivity index (χ1v) is 9.24. The lowest BCUT2D eigenvalue weighted by atomic mass is 9.86. The Kier molecular flexibility index (Phi) is 4.63. The minimum atomic E-state index is 0.378. The summed E-state index contributed by atoms with van der Waals surface area (Å²) in [7, 11) is 0. The minimum Gasteiger partial charge on any atom is -0.297 e. The molecule has 1 spiro atoms. The summed E-state index contributed by atoms with van der Waals surface area (Å²) in [5, 5.41) is 0. The van der Waals surface area contributed by atoms with E-state index in [4.69, 9.17) is 0 Å². The van der Waals surface area contributed by atoms with Crippen LogP contribution in [0.15, 0.2) is 54.9 Å². The molecule has 2 fully saturated rings. The number of nitrogens with zero attached hydrogens (tertiary/aromatic N) is 3. The van der Waals surface area contributed by atoms with Gasteiger partial charge in [0.1, 0.15) is 0 Å². The lowest BCUT2D eigenvalue weighted by Crippen LogP contribution is -2.55. The minimum absolute atomic E-state index is 0.378. The fourth-order valence-electron chi connectivity index (χ4n) is 4.60. The fourth-order valence-corrected chi connectivity index (χ4v) is 4.60. The molecule has 4 rings (SSSR count). The van der Waals surface area contributed by atoms with Crippen molar-refractivity contribution in [3.63, 3.8) is 0 Å². The molecule has 1 aromatic carbocycles. The van der Waals surface area contributed by atoms with Crippen molar-refractivity contribution in [1.82, 2.24) is 14.8 Å². The van der Waals surface area contributed by atoms with Crippen molar-refractivity contribution in [3.05, 3.63) is 66.0 Å². The second-order valence-electron chi connectivity index (χ2n) is 7.41. The Balaban J connectivity index is 1.46. The zero-order valence-electron chi connectivity index (χ0n) is 14.4. The molecule has 0 aliphatic carbocycles. The highest BCUT2D eigenvalue weighted by Crippen LogP contribution is 2.38. The number of piperidine rings is 1. The molecule has 3 heteroatoms. The summed E-state index contributed by atoms with van der Waals surface area (Å²) in [4.78, 5) is 9.70.